The first-order valence-corrected chi connectivity index (χ1v) is 6.84. The molecular weight excluding hydrogens is 261 g/mol. The van der Waals surface area contributed by atoms with Gasteiger partial charge in [-0.25, -0.2) is 12.8 Å². The summed E-state index contributed by atoms with van der Waals surface area (Å²) in [7, 11) is -3.65. The van der Waals surface area contributed by atoms with Crippen molar-refractivity contribution in [2.24, 2.45) is 5.73 Å². The monoisotopic (exact) mass is 271 g/mol. The minimum absolute atomic E-state index is 0.0282. The van der Waals surface area contributed by atoms with Gasteiger partial charge in [-0.15, -0.1) is 0 Å². The Morgan fingerprint density at radius 2 is 2.17 bits per heavy atom. The van der Waals surface area contributed by atoms with Crippen molar-refractivity contribution in [2.45, 2.75) is 11.4 Å². The summed E-state index contributed by atoms with van der Waals surface area (Å²) in [5, 5.41) is 3.54. The van der Waals surface area contributed by atoms with Gasteiger partial charge in [-0.1, -0.05) is 11.2 Å². The van der Waals surface area contributed by atoms with Crippen LogP contribution in [0, 0.1) is 5.82 Å². The number of hydrogen-bond donors (Lipinski definition) is 1. The average molecular weight is 271 g/mol. The van der Waals surface area contributed by atoms with E-state index in [-0.39, 0.29) is 23.8 Å². The number of halogens is 1. The Kier molecular flexibility index (Phi) is 3.14. The molecule has 18 heavy (non-hydrogen) atoms. The molecule has 0 aliphatic rings. The zero-order chi connectivity index (χ0) is 13.3. The number of hydrogen-bond acceptors (Lipinski definition) is 6. The predicted octanol–water partition coefficient (Wildman–Crippen LogP) is 0.738. The molecule has 2 rings (SSSR count). The molecular formula is C10H10FN3O3S. The van der Waals surface area contributed by atoms with Gasteiger partial charge in [0, 0.05) is 6.26 Å². The number of rotatable bonds is 3. The van der Waals surface area contributed by atoms with Gasteiger partial charge >= 0.3 is 0 Å². The third-order valence-corrected chi connectivity index (χ3v) is 3.36. The standard InChI is InChI=1S/C10H10FN3O3S/c1-18(15,16)7-4-2-3-6(9(7)11)10-13-8(5-12)17-14-10/h2-4H,5,12H2,1H3. The molecule has 0 amide bonds. The topological polar surface area (TPSA) is 99.1 Å². The highest BCUT2D eigenvalue weighted by Gasteiger charge is 2.20. The first-order valence-electron chi connectivity index (χ1n) is 4.95. The maximum absolute atomic E-state index is 14.0. The van der Waals surface area contributed by atoms with Crippen LogP contribution in [0.5, 0.6) is 0 Å². The number of benzene rings is 1. The van der Waals surface area contributed by atoms with Crippen LogP contribution in [0.2, 0.25) is 0 Å². The molecule has 0 unspecified atom stereocenters. The van der Waals surface area contributed by atoms with Crippen molar-refractivity contribution in [3.63, 3.8) is 0 Å². The average Bonchev–Trinajstić information content (AvgIpc) is 2.76. The van der Waals surface area contributed by atoms with Gasteiger partial charge in [0.1, 0.15) is 4.90 Å². The van der Waals surface area contributed by atoms with Crippen molar-refractivity contribution >= 4 is 9.84 Å². The second kappa shape index (κ2) is 4.46. The van der Waals surface area contributed by atoms with Crippen LogP contribution in [0.25, 0.3) is 11.4 Å². The fourth-order valence-electron chi connectivity index (χ4n) is 1.42. The highest BCUT2D eigenvalue weighted by molar-refractivity contribution is 7.90. The van der Waals surface area contributed by atoms with Gasteiger partial charge in [-0.05, 0) is 12.1 Å². The van der Waals surface area contributed by atoms with Crippen molar-refractivity contribution in [1.82, 2.24) is 10.1 Å². The van der Waals surface area contributed by atoms with E-state index in [1.807, 2.05) is 0 Å². The molecule has 0 saturated carbocycles. The molecule has 96 valence electrons. The molecule has 2 aromatic rings. The molecule has 0 spiro atoms. The largest absolute Gasteiger partial charge is 0.338 e. The number of nitrogens with zero attached hydrogens (tertiary/aromatic N) is 2. The molecule has 8 heteroatoms. The van der Waals surface area contributed by atoms with Crippen LogP contribution in [0.1, 0.15) is 5.89 Å². The zero-order valence-corrected chi connectivity index (χ0v) is 10.2. The molecule has 0 aliphatic carbocycles. The van der Waals surface area contributed by atoms with E-state index >= 15 is 0 Å². The lowest BCUT2D eigenvalue weighted by atomic mass is 10.2. The van der Waals surface area contributed by atoms with Gasteiger partial charge in [-0.3, -0.25) is 0 Å². The second-order valence-electron chi connectivity index (χ2n) is 3.61. The Bertz CT molecular complexity index is 681. The third-order valence-electron chi connectivity index (χ3n) is 2.25. The van der Waals surface area contributed by atoms with E-state index in [1.165, 1.54) is 18.2 Å². The summed E-state index contributed by atoms with van der Waals surface area (Å²) in [6.45, 7) is 0.0282. The van der Waals surface area contributed by atoms with Gasteiger partial charge in [0.05, 0.1) is 12.1 Å². The summed E-state index contributed by atoms with van der Waals surface area (Å²) in [5.41, 5.74) is 5.25. The SMILES string of the molecule is CS(=O)(=O)c1cccc(-c2noc(CN)n2)c1F. The number of aromatic nitrogens is 2. The highest BCUT2D eigenvalue weighted by Crippen LogP contribution is 2.25. The number of nitrogens with two attached hydrogens (primary N) is 1. The van der Waals surface area contributed by atoms with Gasteiger partial charge in [-0.2, -0.15) is 4.98 Å². The lowest BCUT2D eigenvalue weighted by Gasteiger charge is -2.03. The summed E-state index contributed by atoms with van der Waals surface area (Å²) < 4.78 is 41.5. The summed E-state index contributed by atoms with van der Waals surface area (Å²) in [6, 6.07) is 3.96. The smallest absolute Gasteiger partial charge is 0.240 e. The molecule has 1 aromatic heterocycles. The Morgan fingerprint density at radius 3 is 2.72 bits per heavy atom. The Hall–Kier alpha value is -1.80. The predicted molar refractivity (Wildman–Crippen MR) is 60.7 cm³/mol. The first-order chi connectivity index (χ1) is 8.43. The zero-order valence-electron chi connectivity index (χ0n) is 9.42. The Morgan fingerprint density at radius 1 is 1.44 bits per heavy atom. The van der Waals surface area contributed by atoms with E-state index in [0.29, 0.717) is 0 Å². The van der Waals surface area contributed by atoms with Crippen LogP contribution in [0.3, 0.4) is 0 Å². The van der Waals surface area contributed by atoms with Gasteiger partial charge in [0.15, 0.2) is 15.7 Å². The fourth-order valence-corrected chi connectivity index (χ4v) is 2.18. The molecule has 0 saturated heterocycles. The third kappa shape index (κ3) is 2.24. The summed E-state index contributed by atoms with van der Waals surface area (Å²) in [5.74, 6) is -0.781. The minimum atomic E-state index is -3.65. The van der Waals surface area contributed by atoms with Gasteiger partial charge < -0.3 is 10.3 Å². The lowest BCUT2D eigenvalue weighted by molar-refractivity contribution is 0.380. The van der Waals surface area contributed by atoms with E-state index in [0.717, 1.165) is 6.26 Å². The molecule has 0 aliphatic heterocycles. The Labute approximate surface area is 103 Å². The van der Waals surface area contributed by atoms with E-state index in [2.05, 4.69) is 10.1 Å². The van der Waals surface area contributed by atoms with E-state index in [9.17, 15) is 12.8 Å². The quantitative estimate of drug-likeness (QED) is 0.883. The molecule has 1 aromatic carbocycles. The van der Waals surface area contributed by atoms with E-state index in [4.69, 9.17) is 10.3 Å². The lowest BCUT2D eigenvalue weighted by Crippen LogP contribution is -2.02. The minimum Gasteiger partial charge on any atom is -0.338 e. The second-order valence-corrected chi connectivity index (χ2v) is 5.59. The molecule has 1 heterocycles. The Balaban J connectivity index is 2.59. The van der Waals surface area contributed by atoms with Crippen molar-refractivity contribution in [2.75, 3.05) is 6.26 Å². The van der Waals surface area contributed by atoms with Crippen molar-refractivity contribution in [3.05, 3.63) is 29.9 Å². The van der Waals surface area contributed by atoms with Crippen LogP contribution in [-0.2, 0) is 16.4 Å². The summed E-state index contributed by atoms with van der Waals surface area (Å²) in [4.78, 5) is 3.44. The van der Waals surface area contributed by atoms with Crippen LogP contribution >= 0.6 is 0 Å². The van der Waals surface area contributed by atoms with Gasteiger partial charge in [0.25, 0.3) is 0 Å². The molecule has 0 fully saturated rings. The molecule has 2 N–H and O–H groups in total. The van der Waals surface area contributed by atoms with Crippen molar-refractivity contribution < 1.29 is 17.3 Å². The molecule has 6 nitrogen and oxygen atoms in total. The van der Waals surface area contributed by atoms with Crippen LogP contribution in [0.15, 0.2) is 27.6 Å². The summed E-state index contributed by atoms with van der Waals surface area (Å²) >= 11 is 0. The van der Waals surface area contributed by atoms with E-state index in [1.54, 1.807) is 0 Å². The fraction of sp³-hybridized carbons (Fsp3) is 0.200. The van der Waals surface area contributed by atoms with Crippen LogP contribution < -0.4 is 5.73 Å². The molecule has 0 radical (unpaired) electrons. The van der Waals surface area contributed by atoms with Crippen molar-refractivity contribution in [3.8, 4) is 11.4 Å². The molecule has 0 bridgehead atoms. The van der Waals surface area contributed by atoms with E-state index < -0.39 is 20.5 Å². The molecule has 0 atom stereocenters. The normalized spacial score (nSPS) is 11.7. The first kappa shape index (κ1) is 12.7. The van der Waals surface area contributed by atoms with Crippen LogP contribution in [-0.4, -0.2) is 24.8 Å². The van der Waals surface area contributed by atoms with Crippen molar-refractivity contribution in [1.29, 1.82) is 0 Å². The number of sulfone groups is 1. The maximum atomic E-state index is 14.0. The highest BCUT2D eigenvalue weighted by atomic mass is 32.2. The maximum Gasteiger partial charge on any atom is 0.240 e. The summed E-state index contributed by atoms with van der Waals surface area (Å²) in [6.07, 6.45) is 0.927. The van der Waals surface area contributed by atoms with Gasteiger partial charge in [0.2, 0.25) is 11.7 Å². The van der Waals surface area contributed by atoms with Crippen LogP contribution in [0.4, 0.5) is 4.39 Å².